The van der Waals surface area contributed by atoms with Gasteiger partial charge in [-0.2, -0.15) is 0 Å². The fraction of sp³-hybridized carbons (Fsp3) is 0.355. The van der Waals surface area contributed by atoms with E-state index in [9.17, 15) is 18.0 Å². The molecule has 4 rings (SSSR count). The topological polar surface area (TPSA) is 86.8 Å². The standard InChI is InChI=1S/C31H37N3O4S/c1-3-29(31(36)32-26-12-10-11-13-26)33(22-25-20-18-24(2)19-21-25)30(35)23-34(27-14-6-4-7-15-27)39(37,38)28-16-8-5-9-17-28/h4-9,14-21,26,29H,3,10-13,22-23H2,1-2H3,(H,32,36)/t29-/m0/s1. The lowest BCUT2D eigenvalue weighted by atomic mass is 10.1. The summed E-state index contributed by atoms with van der Waals surface area (Å²) in [6.45, 7) is 3.64. The largest absolute Gasteiger partial charge is 0.352 e. The van der Waals surface area contributed by atoms with E-state index in [4.69, 9.17) is 0 Å². The number of nitrogens with one attached hydrogen (secondary N) is 1. The van der Waals surface area contributed by atoms with E-state index in [0.29, 0.717) is 12.1 Å². The van der Waals surface area contributed by atoms with Gasteiger partial charge in [-0.25, -0.2) is 8.42 Å². The molecule has 1 aliphatic rings. The molecule has 0 heterocycles. The highest BCUT2D eigenvalue weighted by atomic mass is 32.2. The molecule has 3 aromatic carbocycles. The molecular weight excluding hydrogens is 510 g/mol. The lowest BCUT2D eigenvalue weighted by molar-refractivity contribution is -0.140. The quantitative estimate of drug-likeness (QED) is 0.364. The highest BCUT2D eigenvalue weighted by Gasteiger charge is 2.34. The first kappa shape index (κ1) is 28.4. The summed E-state index contributed by atoms with van der Waals surface area (Å²) < 4.78 is 28.7. The highest BCUT2D eigenvalue weighted by molar-refractivity contribution is 7.92. The van der Waals surface area contributed by atoms with E-state index < -0.39 is 28.5 Å². The minimum atomic E-state index is -4.05. The van der Waals surface area contributed by atoms with Gasteiger partial charge in [0.05, 0.1) is 10.6 Å². The van der Waals surface area contributed by atoms with E-state index in [0.717, 1.165) is 41.1 Å². The van der Waals surface area contributed by atoms with E-state index in [-0.39, 0.29) is 23.4 Å². The maximum absolute atomic E-state index is 14.1. The van der Waals surface area contributed by atoms with Crippen LogP contribution in [-0.4, -0.2) is 43.8 Å². The first-order valence-corrected chi connectivity index (χ1v) is 15.0. The minimum Gasteiger partial charge on any atom is -0.352 e. The van der Waals surface area contributed by atoms with Crippen molar-refractivity contribution >= 4 is 27.5 Å². The smallest absolute Gasteiger partial charge is 0.264 e. The van der Waals surface area contributed by atoms with Gasteiger partial charge in [-0.05, 0) is 56.0 Å². The van der Waals surface area contributed by atoms with Crippen molar-refractivity contribution in [2.45, 2.75) is 69.5 Å². The molecule has 7 nitrogen and oxygen atoms in total. The number of amides is 2. The lowest BCUT2D eigenvalue weighted by Gasteiger charge is -2.33. The average Bonchev–Trinajstić information content (AvgIpc) is 3.46. The van der Waals surface area contributed by atoms with E-state index in [2.05, 4.69) is 5.32 Å². The number of hydrogen-bond donors (Lipinski definition) is 1. The molecule has 0 bridgehead atoms. The van der Waals surface area contributed by atoms with Gasteiger partial charge in [0.1, 0.15) is 12.6 Å². The SMILES string of the molecule is CC[C@@H](C(=O)NC1CCCC1)N(Cc1ccc(C)cc1)C(=O)CN(c1ccccc1)S(=O)(=O)c1ccccc1. The second kappa shape index (κ2) is 12.9. The molecule has 8 heteroatoms. The van der Waals surface area contributed by atoms with Crippen LogP contribution in [0.5, 0.6) is 0 Å². The number of benzene rings is 3. The number of anilines is 1. The second-order valence-electron chi connectivity index (χ2n) is 10.1. The van der Waals surface area contributed by atoms with Gasteiger partial charge in [0.25, 0.3) is 10.0 Å². The van der Waals surface area contributed by atoms with Crippen LogP contribution in [0.4, 0.5) is 5.69 Å². The molecule has 1 fully saturated rings. The number of rotatable bonds is 11. The molecule has 1 N–H and O–H groups in total. The molecule has 0 aromatic heterocycles. The van der Waals surface area contributed by atoms with Gasteiger partial charge in [0.15, 0.2) is 0 Å². The van der Waals surface area contributed by atoms with E-state index in [1.165, 1.54) is 17.0 Å². The zero-order valence-electron chi connectivity index (χ0n) is 22.6. The summed E-state index contributed by atoms with van der Waals surface area (Å²) in [6.07, 6.45) is 4.44. The van der Waals surface area contributed by atoms with Crippen LogP contribution < -0.4 is 9.62 Å². The van der Waals surface area contributed by atoms with E-state index in [1.807, 2.05) is 38.1 Å². The molecule has 1 saturated carbocycles. The maximum atomic E-state index is 14.1. The van der Waals surface area contributed by atoms with Crippen LogP contribution in [0.3, 0.4) is 0 Å². The molecule has 0 saturated heterocycles. The third kappa shape index (κ3) is 7.06. The van der Waals surface area contributed by atoms with Gasteiger partial charge >= 0.3 is 0 Å². The van der Waals surface area contributed by atoms with E-state index >= 15 is 0 Å². The number of sulfonamides is 1. The minimum absolute atomic E-state index is 0.0951. The van der Waals surface area contributed by atoms with Gasteiger partial charge in [-0.3, -0.25) is 13.9 Å². The second-order valence-corrected chi connectivity index (χ2v) is 11.9. The fourth-order valence-electron chi connectivity index (χ4n) is 5.02. The molecule has 0 radical (unpaired) electrons. The summed E-state index contributed by atoms with van der Waals surface area (Å²) in [5, 5.41) is 3.14. The Bertz CT molecular complexity index is 1340. The lowest BCUT2D eigenvalue weighted by Crippen LogP contribution is -2.53. The van der Waals surface area contributed by atoms with Gasteiger partial charge in [0.2, 0.25) is 11.8 Å². The van der Waals surface area contributed by atoms with Crippen LogP contribution in [0.2, 0.25) is 0 Å². The average molecular weight is 548 g/mol. The Morgan fingerprint density at radius 3 is 2.08 bits per heavy atom. The van der Waals surface area contributed by atoms with Gasteiger partial charge in [-0.15, -0.1) is 0 Å². The van der Waals surface area contributed by atoms with Crippen LogP contribution in [0, 0.1) is 6.92 Å². The Morgan fingerprint density at radius 1 is 0.897 bits per heavy atom. The van der Waals surface area contributed by atoms with Crippen molar-refractivity contribution in [3.8, 4) is 0 Å². The summed E-state index contributed by atoms with van der Waals surface area (Å²) >= 11 is 0. The van der Waals surface area contributed by atoms with Crippen LogP contribution in [-0.2, 0) is 26.2 Å². The molecule has 206 valence electrons. The van der Waals surface area contributed by atoms with Gasteiger partial charge < -0.3 is 10.2 Å². The number of carbonyl (C=O) groups excluding carboxylic acids is 2. The number of nitrogens with zero attached hydrogens (tertiary/aromatic N) is 2. The first-order chi connectivity index (χ1) is 18.8. The van der Waals surface area contributed by atoms with Crippen molar-refractivity contribution in [3.63, 3.8) is 0 Å². The number of carbonyl (C=O) groups is 2. The van der Waals surface area contributed by atoms with Crippen molar-refractivity contribution in [1.29, 1.82) is 0 Å². The molecule has 0 aliphatic heterocycles. The summed E-state index contributed by atoms with van der Waals surface area (Å²) in [4.78, 5) is 29.1. The third-order valence-corrected chi connectivity index (χ3v) is 9.00. The number of hydrogen-bond acceptors (Lipinski definition) is 4. The monoisotopic (exact) mass is 547 g/mol. The Kier molecular flexibility index (Phi) is 9.41. The van der Waals surface area contributed by atoms with Crippen LogP contribution >= 0.6 is 0 Å². The van der Waals surface area contributed by atoms with Crippen LogP contribution in [0.1, 0.15) is 50.2 Å². The summed E-state index contributed by atoms with van der Waals surface area (Å²) in [6, 6.07) is 23.9. The summed E-state index contributed by atoms with van der Waals surface area (Å²) in [7, 11) is -4.05. The molecule has 3 aromatic rings. The Hall–Kier alpha value is -3.65. The molecule has 39 heavy (non-hydrogen) atoms. The summed E-state index contributed by atoms with van der Waals surface area (Å²) in [5.41, 5.74) is 2.35. The van der Waals surface area contributed by atoms with E-state index in [1.54, 1.807) is 48.5 Å². The molecule has 1 atom stereocenters. The summed E-state index contributed by atoms with van der Waals surface area (Å²) in [5.74, 6) is -0.630. The van der Waals surface area contributed by atoms with Crippen molar-refractivity contribution in [2.24, 2.45) is 0 Å². The van der Waals surface area contributed by atoms with Gasteiger partial charge in [-0.1, -0.05) is 86.0 Å². The first-order valence-electron chi connectivity index (χ1n) is 13.6. The van der Waals surface area contributed by atoms with Crippen molar-refractivity contribution < 1.29 is 18.0 Å². The fourth-order valence-corrected chi connectivity index (χ4v) is 6.46. The van der Waals surface area contributed by atoms with Crippen molar-refractivity contribution in [1.82, 2.24) is 10.2 Å². The zero-order chi connectivity index (χ0) is 27.8. The van der Waals surface area contributed by atoms with Crippen LogP contribution in [0.15, 0.2) is 89.8 Å². The maximum Gasteiger partial charge on any atom is 0.264 e. The zero-order valence-corrected chi connectivity index (χ0v) is 23.4. The van der Waals surface area contributed by atoms with Crippen molar-refractivity contribution in [2.75, 3.05) is 10.8 Å². The Balaban J connectivity index is 1.68. The third-order valence-electron chi connectivity index (χ3n) is 7.22. The Morgan fingerprint density at radius 2 is 1.49 bits per heavy atom. The predicted molar refractivity (Wildman–Crippen MR) is 154 cm³/mol. The molecule has 1 aliphatic carbocycles. The van der Waals surface area contributed by atoms with Gasteiger partial charge in [0, 0.05) is 12.6 Å². The molecule has 2 amide bonds. The Labute approximate surface area is 231 Å². The molecule has 0 unspecified atom stereocenters. The normalized spacial score (nSPS) is 14.5. The predicted octanol–water partition coefficient (Wildman–Crippen LogP) is 5.06. The van der Waals surface area contributed by atoms with Crippen LogP contribution in [0.25, 0.3) is 0 Å². The highest BCUT2D eigenvalue weighted by Crippen LogP contribution is 2.25. The molecular formula is C31H37N3O4S. The van der Waals surface area contributed by atoms with Crippen molar-refractivity contribution in [3.05, 3.63) is 96.1 Å². The number of aryl methyl sites for hydroxylation is 1. The number of para-hydroxylation sites is 1. The molecule has 0 spiro atoms.